The van der Waals surface area contributed by atoms with E-state index in [0.717, 1.165) is 5.69 Å². The summed E-state index contributed by atoms with van der Waals surface area (Å²) in [7, 11) is 3.02. The van der Waals surface area contributed by atoms with E-state index < -0.39 is 0 Å². The molecule has 0 unspecified atom stereocenters. The average Bonchev–Trinajstić information content (AvgIpc) is 3.09. The summed E-state index contributed by atoms with van der Waals surface area (Å²) in [6, 6.07) is 3.89. The molecular weight excluding hydrogens is 272 g/mol. The van der Waals surface area contributed by atoms with Crippen molar-refractivity contribution in [2.24, 2.45) is 0 Å². The first-order chi connectivity index (χ1) is 10.3. The van der Waals surface area contributed by atoms with Crippen molar-refractivity contribution in [2.75, 3.05) is 14.2 Å². The molecule has 0 radical (unpaired) electrons. The van der Waals surface area contributed by atoms with Gasteiger partial charge in [0.25, 0.3) is 0 Å². The van der Waals surface area contributed by atoms with Gasteiger partial charge in [-0.15, -0.1) is 0 Å². The first kappa shape index (κ1) is 13.0. The van der Waals surface area contributed by atoms with Crippen molar-refractivity contribution < 1.29 is 9.47 Å². The van der Waals surface area contributed by atoms with Crippen LogP contribution in [0.1, 0.15) is 0 Å². The summed E-state index contributed by atoms with van der Waals surface area (Å²) in [6.07, 6.45) is 6.72. The Morgan fingerprint density at radius 2 is 2.05 bits per heavy atom. The highest BCUT2D eigenvalue weighted by molar-refractivity contribution is 5.65. The standard InChI is InChI=1S/C13H12N6O2/c1-20-12-10(8-14-13(17-12)21-2)11-6-9(7-15-18-11)19-5-3-4-16-19/h3-8H,1-2H3. The second kappa shape index (κ2) is 5.53. The lowest BCUT2D eigenvalue weighted by Gasteiger charge is -2.08. The monoisotopic (exact) mass is 284 g/mol. The molecular formula is C13H12N6O2. The summed E-state index contributed by atoms with van der Waals surface area (Å²) < 4.78 is 11.9. The number of hydrogen-bond acceptors (Lipinski definition) is 7. The van der Waals surface area contributed by atoms with Crippen molar-refractivity contribution in [3.8, 4) is 28.8 Å². The van der Waals surface area contributed by atoms with Gasteiger partial charge in [-0.1, -0.05) is 0 Å². The minimum atomic E-state index is 0.229. The quantitative estimate of drug-likeness (QED) is 0.709. The second-order valence-electron chi connectivity index (χ2n) is 4.03. The molecule has 3 heterocycles. The molecule has 0 aromatic carbocycles. The van der Waals surface area contributed by atoms with Crippen LogP contribution in [0, 0.1) is 0 Å². The van der Waals surface area contributed by atoms with Gasteiger partial charge in [-0.25, -0.2) is 9.67 Å². The Hall–Kier alpha value is -3.03. The average molecular weight is 284 g/mol. The molecule has 21 heavy (non-hydrogen) atoms. The molecule has 0 aliphatic carbocycles. The first-order valence-electron chi connectivity index (χ1n) is 6.10. The summed E-state index contributed by atoms with van der Waals surface area (Å²) in [4.78, 5) is 8.20. The Kier molecular flexibility index (Phi) is 3.42. The third-order valence-corrected chi connectivity index (χ3v) is 2.79. The maximum atomic E-state index is 5.25. The molecule has 3 aromatic rings. The highest BCUT2D eigenvalue weighted by atomic mass is 16.5. The zero-order valence-electron chi connectivity index (χ0n) is 11.5. The van der Waals surface area contributed by atoms with Crippen LogP contribution in [0.4, 0.5) is 0 Å². The van der Waals surface area contributed by atoms with E-state index in [9.17, 15) is 0 Å². The molecule has 0 saturated carbocycles. The van der Waals surface area contributed by atoms with E-state index in [4.69, 9.17) is 9.47 Å². The summed E-state index contributed by atoms with van der Waals surface area (Å²) in [6.45, 7) is 0. The van der Waals surface area contributed by atoms with Crippen molar-refractivity contribution >= 4 is 0 Å². The highest BCUT2D eigenvalue weighted by Crippen LogP contribution is 2.27. The minimum Gasteiger partial charge on any atom is -0.480 e. The van der Waals surface area contributed by atoms with Crippen LogP contribution in [-0.2, 0) is 0 Å². The predicted molar refractivity (Wildman–Crippen MR) is 73.3 cm³/mol. The Bertz CT molecular complexity index is 744. The van der Waals surface area contributed by atoms with Gasteiger partial charge in [0, 0.05) is 18.6 Å². The van der Waals surface area contributed by atoms with Gasteiger partial charge < -0.3 is 9.47 Å². The van der Waals surface area contributed by atoms with Crippen molar-refractivity contribution in [3.63, 3.8) is 0 Å². The SMILES string of the molecule is COc1ncc(-c2cc(-n3cccn3)cnn2)c(OC)n1. The third kappa shape index (κ3) is 2.50. The molecule has 8 nitrogen and oxygen atoms in total. The molecule has 0 saturated heterocycles. The molecule has 0 aliphatic heterocycles. The van der Waals surface area contributed by atoms with Crippen LogP contribution in [0.15, 0.2) is 36.9 Å². The normalized spacial score (nSPS) is 10.4. The van der Waals surface area contributed by atoms with E-state index in [1.165, 1.54) is 14.2 Å². The van der Waals surface area contributed by atoms with Crippen LogP contribution in [0.25, 0.3) is 16.9 Å². The van der Waals surface area contributed by atoms with E-state index in [-0.39, 0.29) is 6.01 Å². The van der Waals surface area contributed by atoms with Gasteiger partial charge in [0.2, 0.25) is 5.88 Å². The van der Waals surface area contributed by atoms with E-state index >= 15 is 0 Å². The van der Waals surface area contributed by atoms with Crippen LogP contribution >= 0.6 is 0 Å². The van der Waals surface area contributed by atoms with Crippen LogP contribution in [-0.4, -0.2) is 44.2 Å². The van der Waals surface area contributed by atoms with Crippen molar-refractivity contribution in [1.82, 2.24) is 29.9 Å². The largest absolute Gasteiger partial charge is 0.480 e. The Labute approximate surface area is 120 Å². The molecule has 0 atom stereocenters. The summed E-state index contributed by atoms with van der Waals surface area (Å²) in [5, 5.41) is 12.2. The molecule has 0 N–H and O–H groups in total. The number of hydrogen-bond donors (Lipinski definition) is 0. The van der Waals surface area contributed by atoms with E-state index in [2.05, 4.69) is 25.3 Å². The van der Waals surface area contributed by atoms with Crippen LogP contribution in [0.2, 0.25) is 0 Å². The molecule has 0 bridgehead atoms. The fourth-order valence-electron chi connectivity index (χ4n) is 1.82. The van der Waals surface area contributed by atoms with Crippen molar-refractivity contribution in [2.45, 2.75) is 0 Å². The fraction of sp³-hybridized carbons (Fsp3) is 0.154. The van der Waals surface area contributed by atoms with E-state index in [1.54, 1.807) is 23.3 Å². The van der Waals surface area contributed by atoms with Gasteiger partial charge in [-0.05, 0) is 12.1 Å². The lowest BCUT2D eigenvalue weighted by atomic mass is 10.2. The van der Waals surface area contributed by atoms with Gasteiger partial charge in [0.1, 0.15) is 5.69 Å². The number of nitrogens with zero attached hydrogens (tertiary/aromatic N) is 6. The molecule has 0 fully saturated rings. The fourth-order valence-corrected chi connectivity index (χ4v) is 1.82. The van der Waals surface area contributed by atoms with E-state index in [0.29, 0.717) is 17.1 Å². The lowest BCUT2D eigenvalue weighted by Crippen LogP contribution is -2.01. The van der Waals surface area contributed by atoms with Crippen LogP contribution < -0.4 is 9.47 Å². The summed E-state index contributed by atoms with van der Waals surface area (Å²) in [5.74, 6) is 0.369. The minimum absolute atomic E-state index is 0.229. The molecule has 0 aliphatic rings. The Morgan fingerprint density at radius 3 is 2.76 bits per heavy atom. The first-order valence-corrected chi connectivity index (χ1v) is 6.10. The molecule has 3 rings (SSSR count). The van der Waals surface area contributed by atoms with Gasteiger partial charge in [0.05, 0.1) is 31.7 Å². The molecule has 8 heteroatoms. The van der Waals surface area contributed by atoms with E-state index in [1.807, 2.05) is 18.3 Å². The molecule has 0 spiro atoms. The third-order valence-electron chi connectivity index (χ3n) is 2.79. The topological polar surface area (TPSA) is 87.8 Å². The summed E-state index contributed by atoms with van der Waals surface area (Å²) in [5.41, 5.74) is 1.99. The molecule has 3 aromatic heterocycles. The van der Waals surface area contributed by atoms with Gasteiger partial charge in [0.15, 0.2) is 0 Å². The van der Waals surface area contributed by atoms with Crippen molar-refractivity contribution in [3.05, 3.63) is 36.9 Å². The maximum Gasteiger partial charge on any atom is 0.319 e. The molecule has 0 amide bonds. The lowest BCUT2D eigenvalue weighted by molar-refractivity contribution is 0.353. The summed E-state index contributed by atoms with van der Waals surface area (Å²) >= 11 is 0. The number of ether oxygens (including phenoxy) is 2. The van der Waals surface area contributed by atoms with Gasteiger partial charge in [-0.2, -0.15) is 20.3 Å². The zero-order chi connectivity index (χ0) is 14.7. The van der Waals surface area contributed by atoms with Crippen LogP contribution in [0.3, 0.4) is 0 Å². The maximum absolute atomic E-state index is 5.25. The Balaban J connectivity index is 2.06. The second-order valence-corrected chi connectivity index (χ2v) is 4.03. The number of aromatic nitrogens is 6. The number of rotatable bonds is 4. The molecule has 106 valence electrons. The predicted octanol–water partition coefficient (Wildman–Crippen LogP) is 1.14. The highest BCUT2D eigenvalue weighted by Gasteiger charge is 2.13. The van der Waals surface area contributed by atoms with Gasteiger partial charge >= 0.3 is 6.01 Å². The Morgan fingerprint density at radius 1 is 1.14 bits per heavy atom. The smallest absolute Gasteiger partial charge is 0.319 e. The van der Waals surface area contributed by atoms with Crippen LogP contribution in [0.5, 0.6) is 11.9 Å². The number of methoxy groups -OCH3 is 2. The van der Waals surface area contributed by atoms with Crippen molar-refractivity contribution in [1.29, 1.82) is 0 Å². The zero-order valence-corrected chi connectivity index (χ0v) is 11.5. The van der Waals surface area contributed by atoms with Gasteiger partial charge in [-0.3, -0.25) is 0 Å².